The summed E-state index contributed by atoms with van der Waals surface area (Å²) in [5, 5.41) is 11.5. The number of benzene rings is 1. The van der Waals surface area contributed by atoms with E-state index in [2.05, 4.69) is 15.9 Å². The van der Waals surface area contributed by atoms with Gasteiger partial charge in [0.1, 0.15) is 0 Å². The molecule has 0 spiro atoms. The van der Waals surface area contributed by atoms with Gasteiger partial charge in [-0.15, -0.1) is 0 Å². The first-order valence-corrected chi connectivity index (χ1v) is 6.86. The smallest absolute Gasteiger partial charge is 0.311 e. The normalized spacial score (nSPS) is 14.5. The van der Waals surface area contributed by atoms with Crippen LogP contribution in [-0.2, 0) is 10.1 Å². The Morgan fingerprint density at radius 2 is 2.22 bits per heavy atom. The van der Waals surface area contributed by atoms with Crippen LogP contribution in [0.25, 0.3) is 0 Å². The maximum atomic E-state index is 10.9. The zero-order valence-electron chi connectivity index (χ0n) is 9.80. The summed E-state index contributed by atoms with van der Waals surface area (Å²) < 4.78 is 10.6. The molecule has 0 radical (unpaired) electrons. The molecule has 98 valence electrons. The summed E-state index contributed by atoms with van der Waals surface area (Å²) in [6.07, 6.45) is 2.42. The number of hydrogen-bond acceptors (Lipinski definition) is 4. The molecule has 0 aliphatic heterocycles. The molecule has 0 saturated heterocycles. The Morgan fingerprint density at radius 1 is 1.44 bits per heavy atom. The summed E-state index contributed by atoms with van der Waals surface area (Å²) in [5.74, 6) is 0.903. The molecule has 0 amide bonds. The van der Waals surface area contributed by atoms with Crippen LogP contribution in [0.4, 0.5) is 5.69 Å². The van der Waals surface area contributed by atoms with Crippen molar-refractivity contribution in [1.82, 2.24) is 0 Å². The predicted octanol–water partition coefficient (Wildman–Crippen LogP) is 3.25. The van der Waals surface area contributed by atoms with E-state index < -0.39 is 4.92 Å². The van der Waals surface area contributed by atoms with E-state index in [9.17, 15) is 10.1 Å². The number of nitro groups is 1. The number of halogens is 1. The monoisotopic (exact) mass is 315 g/mol. The average molecular weight is 316 g/mol. The summed E-state index contributed by atoms with van der Waals surface area (Å²) in [6, 6.07) is 4.90. The standard InChI is InChI=1S/C12H14BrNO4/c13-6-10-3-4-12(11(5-10)14(15)16)18-8-17-7-9-1-2-9/h3-5,9H,1-2,6-8H2. The van der Waals surface area contributed by atoms with Crippen molar-refractivity contribution in [1.29, 1.82) is 0 Å². The second-order valence-electron chi connectivity index (χ2n) is 4.27. The third-order valence-electron chi connectivity index (χ3n) is 2.72. The highest BCUT2D eigenvalue weighted by molar-refractivity contribution is 9.08. The van der Waals surface area contributed by atoms with Gasteiger partial charge in [-0.3, -0.25) is 10.1 Å². The molecule has 0 unspecified atom stereocenters. The van der Waals surface area contributed by atoms with Gasteiger partial charge in [0, 0.05) is 11.4 Å². The fraction of sp³-hybridized carbons (Fsp3) is 0.500. The van der Waals surface area contributed by atoms with Gasteiger partial charge in [-0.05, 0) is 30.4 Å². The Balaban J connectivity index is 1.94. The minimum Gasteiger partial charge on any atom is -0.460 e. The molecule has 2 rings (SSSR count). The Kier molecular flexibility index (Phi) is 4.54. The number of nitrogens with zero attached hydrogens (tertiary/aromatic N) is 1. The average Bonchev–Trinajstić information content (AvgIpc) is 3.18. The van der Waals surface area contributed by atoms with E-state index in [1.165, 1.54) is 18.9 Å². The molecule has 6 heteroatoms. The van der Waals surface area contributed by atoms with E-state index in [-0.39, 0.29) is 18.2 Å². The number of alkyl halides is 1. The molecule has 1 fully saturated rings. The Labute approximate surface area is 113 Å². The third kappa shape index (κ3) is 3.68. The molecule has 0 aromatic heterocycles. The van der Waals surface area contributed by atoms with Gasteiger partial charge in [-0.1, -0.05) is 22.0 Å². The SMILES string of the molecule is O=[N+]([O-])c1cc(CBr)ccc1OCOCC1CC1. The number of rotatable bonds is 7. The van der Waals surface area contributed by atoms with Crippen molar-refractivity contribution in [3.05, 3.63) is 33.9 Å². The highest BCUT2D eigenvalue weighted by Gasteiger charge is 2.21. The first-order chi connectivity index (χ1) is 8.70. The molecule has 1 aromatic carbocycles. The van der Waals surface area contributed by atoms with Crippen LogP contribution in [0, 0.1) is 16.0 Å². The largest absolute Gasteiger partial charge is 0.460 e. The van der Waals surface area contributed by atoms with Gasteiger partial charge in [0.05, 0.1) is 11.5 Å². The van der Waals surface area contributed by atoms with E-state index in [0.717, 1.165) is 5.56 Å². The fourth-order valence-electron chi connectivity index (χ4n) is 1.52. The van der Waals surface area contributed by atoms with Gasteiger partial charge >= 0.3 is 5.69 Å². The molecule has 1 aliphatic rings. The molecule has 1 aliphatic carbocycles. The predicted molar refractivity (Wildman–Crippen MR) is 69.9 cm³/mol. The molecular weight excluding hydrogens is 302 g/mol. The van der Waals surface area contributed by atoms with Crippen LogP contribution >= 0.6 is 15.9 Å². The highest BCUT2D eigenvalue weighted by atomic mass is 79.9. The van der Waals surface area contributed by atoms with Gasteiger partial charge in [0.25, 0.3) is 0 Å². The summed E-state index contributed by atoms with van der Waals surface area (Å²) in [7, 11) is 0. The Hall–Kier alpha value is -1.14. The fourth-order valence-corrected chi connectivity index (χ4v) is 1.86. The van der Waals surface area contributed by atoms with Crippen LogP contribution in [0.5, 0.6) is 5.75 Å². The number of nitro benzene ring substituents is 1. The van der Waals surface area contributed by atoms with Crippen LogP contribution < -0.4 is 4.74 Å². The molecule has 5 nitrogen and oxygen atoms in total. The van der Waals surface area contributed by atoms with E-state index in [1.54, 1.807) is 12.1 Å². The molecule has 0 atom stereocenters. The number of ether oxygens (including phenoxy) is 2. The van der Waals surface area contributed by atoms with Crippen LogP contribution in [0.15, 0.2) is 18.2 Å². The van der Waals surface area contributed by atoms with E-state index in [0.29, 0.717) is 17.9 Å². The summed E-state index contributed by atoms with van der Waals surface area (Å²) in [4.78, 5) is 10.5. The molecule has 1 aromatic rings. The zero-order valence-corrected chi connectivity index (χ0v) is 11.4. The quantitative estimate of drug-likeness (QED) is 0.255. The Bertz CT molecular complexity index is 434. The topological polar surface area (TPSA) is 61.6 Å². The van der Waals surface area contributed by atoms with Gasteiger partial charge in [0.15, 0.2) is 12.5 Å². The minimum atomic E-state index is -0.442. The molecule has 18 heavy (non-hydrogen) atoms. The van der Waals surface area contributed by atoms with Crippen LogP contribution in [0.3, 0.4) is 0 Å². The lowest BCUT2D eigenvalue weighted by molar-refractivity contribution is -0.386. The van der Waals surface area contributed by atoms with Crippen molar-refractivity contribution in [3.8, 4) is 5.75 Å². The van der Waals surface area contributed by atoms with Crippen molar-refractivity contribution in [2.75, 3.05) is 13.4 Å². The van der Waals surface area contributed by atoms with Crippen molar-refractivity contribution in [2.45, 2.75) is 18.2 Å². The van der Waals surface area contributed by atoms with Crippen molar-refractivity contribution >= 4 is 21.6 Å². The van der Waals surface area contributed by atoms with Gasteiger partial charge in [-0.25, -0.2) is 0 Å². The van der Waals surface area contributed by atoms with Gasteiger partial charge in [-0.2, -0.15) is 0 Å². The van der Waals surface area contributed by atoms with E-state index >= 15 is 0 Å². The van der Waals surface area contributed by atoms with Crippen molar-refractivity contribution in [3.63, 3.8) is 0 Å². The first-order valence-electron chi connectivity index (χ1n) is 5.74. The van der Waals surface area contributed by atoms with Gasteiger partial charge in [0.2, 0.25) is 0 Å². The van der Waals surface area contributed by atoms with Crippen LogP contribution in [-0.4, -0.2) is 18.3 Å². The lowest BCUT2D eigenvalue weighted by Crippen LogP contribution is -2.06. The van der Waals surface area contributed by atoms with E-state index in [4.69, 9.17) is 9.47 Å². The van der Waals surface area contributed by atoms with Crippen LogP contribution in [0.2, 0.25) is 0 Å². The maximum Gasteiger partial charge on any atom is 0.311 e. The highest BCUT2D eigenvalue weighted by Crippen LogP contribution is 2.30. The molecular formula is C12H14BrNO4. The third-order valence-corrected chi connectivity index (χ3v) is 3.37. The lowest BCUT2D eigenvalue weighted by atomic mass is 10.2. The van der Waals surface area contributed by atoms with Crippen LogP contribution in [0.1, 0.15) is 18.4 Å². The molecule has 0 N–H and O–H groups in total. The second kappa shape index (κ2) is 6.15. The zero-order chi connectivity index (χ0) is 13.0. The first kappa shape index (κ1) is 13.3. The number of hydrogen-bond donors (Lipinski definition) is 0. The lowest BCUT2D eigenvalue weighted by Gasteiger charge is -2.08. The minimum absolute atomic E-state index is 0.0260. The van der Waals surface area contributed by atoms with Gasteiger partial charge < -0.3 is 9.47 Å². The molecule has 1 saturated carbocycles. The summed E-state index contributed by atoms with van der Waals surface area (Å²) in [5.41, 5.74) is 0.815. The Morgan fingerprint density at radius 3 is 2.83 bits per heavy atom. The van der Waals surface area contributed by atoms with Crippen molar-refractivity contribution < 1.29 is 14.4 Å². The summed E-state index contributed by atoms with van der Waals surface area (Å²) in [6.45, 7) is 0.734. The maximum absolute atomic E-state index is 10.9. The molecule has 0 bridgehead atoms. The summed E-state index contributed by atoms with van der Waals surface area (Å²) >= 11 is 3.26. The van der Waals surface area contributed by atoms with E-state index in [1.807, 2.05) is 0 Å². The second-order valence-corrected chi connectivity index (χ2v) is 4.83. The molecule has 0 heterocycles. The van der Waals surface area contributed by atoms with Crippen molar-refractivity contribution in [2.24, 2.45) is 5.92 Å².